The van der Waals surface area contributed by atoms with Crippen LogP contribution in [0.1, 0.15) is 18.1 Å². The van der Waals surface area contributed by atoms with Crippen LogP contribution in [-0.2, 0) is 6.54 Å². The summed E-state index contributed by atoms with van der Waals surface area (Å²) in [5, 5.41) is 0. The molecule has 0 bridgehead atoms. The van der Waals surface area contributed by atoms with Crippen molar-refractivity contribution < 1.29 is 4.39 Å². The maximum absolute atomic E-state index is 13.9. The molecule has 0 N–H and O–H groups in total. The molecular weight excluding hydrogens is 253 g/mol. The minimum absolute atomic E-state index is 0.445. The maximum Gasteiger partial charge on any atom is 0.223 e. The third-order valence-electron chi connectivity index (χ3n) is 3.68. The average molecular weight is 269 g/mol. The molecule has 2 heterocycles. The normalized spacial score (nSPS) is 11.2. The fourth-order valence-electron chi connectivity index (χ4n) is 2.46. The Morgan fingerprint density at radius 2 is 1.95 bits per heavy atom. The second-order valence-electron chi connectivity index (χ2n) is 4.95. The Morgan fingerprint density at radius 1 is 1.20 bits per heavy atom. The van der Waals surface area contributed by atoms with Gasteiger partial charge < -0.3 is 4.57 Å². The Balaban J connectivity index is 2.34. The van der Waals surface area contributed by atoms with Gasteiger partial charge in [0.15, 0.2) is 0 Å². The summed E-state index contributed by atoms with van der Waals surface area (Å²) in [7, 11) is 0. The van der Waals surface area contributed by atoms with Crippen molar-refractivity contribution in [3.63, 3.8) is 0 Å². The molecule has 2 aromatic heterocycles. The van der Waals surface area contributed by atoms with Gasteiger partial charge >= 0.3 is 0 Å². The highest BCUT2D eigenvalue weighted by Gasteiger charge is 2.15. The number of aromatic nitrogens is 3. The van der Waals surface area contributed by atoms with Crippen molar-refractivity contribution in [1.29, 1.82) is 0 Å². The smallest absolute Gasteiger partial charge is 0.223 e. The third kappa shape index (κ3) is 1.88. The lowest BCUT2D eigenvalue weighted by Gasteiger charge is -2.07. The van der Waals surface area contributed by atoms with Crippen LogP contribution in [0.25, 0.3) is 22.4 Å². The molecule has 0 aliphatic heterocycles. The van der Waals surface area contributed by atoms with Crippen LogP contribution in [0, 0.1) is 19.8 Å². The number of hydrogen-bond acceptors (Lipinski definition) is 2. The summed E-state index contributed by atoms with van der Waals surface area (Å²) in [4.78, 5) is 8.32. The molecule has 0 unspecified atom stereocenters. The van der Waals surface area contributed by atoms with E-state index in [0.29, 0.717) is 11.4 Å². The molecule has 0 spiro atoms. The van der Waals surface area contributed by atoms with Gasteiger partial charge in [0.25, 0.3) is 0 Å². The lowest BCUT2D eigenvalue weighted by atomic mass is 10.1. The first kappa shape index (κ1) is 12.8. The Hall–Kier alpha value is -2.23. The van der Waals surface area contributed by atoms with E-state index in [-0.39, 0.29) is 0 Å². The molecule has 3 aromatic rings. The van der Waals surface area contributed by atoms with E-state index in [4.69, 9.17) is 0 Å². The van der Waals surface area contributed by atoms with Gasteiger partial charge in [0.1, 0.15) is 5.82 Å². The van der Waals surface area contributed by atoms with Gasteiger partial charge in [0.05, 0.1) is 16.6 Å². The number of rotatable bonds is 2. The summed E-state index contributed by atoms with van der Waals surface area (Å²) in [6, 6.07) is 7.61. The van der Waals surface area contributed by atoms with Crippen molar-refractivity contribution in [3.8, 4) is 11.4 Å². The first-order chi connectivity index (χ1) is 9.61. The van der Waals surface area contributed by atoms with Crippen LogP contribution < -0.4 is 0 Å². The number of nitrogens with zero attached hydrogens (tertiary/aromatic N) is 3. The molecule has 0 saturated heterocycles. The largest absolute Gasteiger partial charge is 0.324 e. The number of aryl methyl sites for hydroxylation is 3. The lowest BCUT2D eigenvalue weighted by Crippen LogP contribution is -2.00. The van der Waals surface area contributed by atoms with Crippen LogP contribution in [0.5, 0.6) is 0 Å². The molecule has 0 aliphatic carbocycles. The van der Waals surface area contributed by atoms with Crippen molar-refractivity contribution in [3.05, 3.63) is 47.5 Å². The van der Waals surface area contributed by atoms with Crippen molar-refractivity contribution in [1.82, 2.24) is 14.5 Å². The molecule has 0 atom stereocenters. The van der Waals surface area contributed by atoms with Crippen molar-refractivity contribution in [2.75, 3.05) is 0 Å². The zero-order valence-corrected chi connectivity index (χ0v) is 11.8. The number of hydrogen-bond donors (Lipinski definition) is 0. The number of imidazole rings is 1. The zero-order valence-electron chi connectivity index (χ0n) is 11.8. The molecule has 0 aliphatic rings. The third-order valence-corrected chi connectivity index (χ3v) is 3.68. The van der Waals surface area contributed by atoms with E-state index in [1.54, 1.807) is 12.1 Å². The minimum Gasteiger partial charge on any atom is -0.324 e. The van der Waals surface area contributed by atoms with Gasteiger partial charge in [0, 0.05) is 12.7 Å². The minimum atomic E-state index is -0.481. The van der Waals surface area contributed by atoms with Crippen LogP contribution in [0.2, 0.25) is 0 Å². The molecule has 0 radical (unpaired) electrons. The van der Waals surface area contributed by atoms with Crippen LogP contribution in [0.3, 0.4) is 0 Å². The van der Waals surface area contributed by atoms with E-state index in [2.05, 4.69) is 35.9 Å². The van der Waals surface area contributed by atoms with E-state index in [9.17, 15) is 4.39 Å². The Morgan fingerprint density at radius 3 is 2.65 bits per heavy atom. The first-order valence-corrected chi connectivity index (χ1v) is 6.70. The van der Waals surface area contributed by atoms with Crippen molar-refractivity contribution in [2.24, 2.45) is 0 Å². The summed E-state index contributed by atoms with van der Waals surface area (Å²) in [6.45, 7) is 6.91. The second kappa shape index (κ2) is 4.71. The summed E-state index contributed by atoms with van der Waals surface area (Å²) < 4.78 is 15.9. The predicted octanol–water partition coefficient (Wildman–Crippen LogP) is 3.87. The van der Waals surface area contributed by atoms with E-state index in [0.717, 1.165) is 17.6 Å². The van der Waals surface area contributed by atoms with Gasteiger partial charge in [-0.05, 0) is 56.2 Å². The summed E-state index contributed by atoms with van der Waals surface area (Å²) in [6.07, 6.45) is 1.45. The second-order valence-corrected chi connectivity index (χ2v) is 4.95. The predicted molar refractivity (Wildman–Crippen MR) is 78.1 cm³/mol. The van der Waals surface area contributed by atoms with Gasteiger partial charge in [-0.15, -0.1) is 0 Å². The molecule has 20 heavy (non-hydrogen) atoms. The number of pyridine rings is 1. The van der Waals surface area contributed by atoms with Crippen LogP contribution >= 0.6 is 0 Å². The number of benzene rings is 1. The van der Waals surface area contributed by atoms with E-state index < -0.39 is 5.95 Å². The van der Waals surface area contributed by atoms with Crippen LogP contribution in [-0.4, -0.2) is 14.5 Å². The summed E-state index contributed by atoms with van der Waals surface area (Å²) in [5.41, 5.74) is 4.78. The Labute approximate surface area is 117 Å². The fourth-order valence-corrected chi connectivity index (χ4v) is 2.46. The van der Waals surface area contributed by atoms with E-state index >= 15 is 0 Å². The Bertz CT molecular complexity index is 790. The van der Waals surface area contributed by atoms with Gasteiger partial charge in [0.2, 0.25) is 5.95 Å². The fraction of sp³-hybridized carbons (Fsp3) is 0.250. The molecule has 0 saturated carbocycles. The van der Waals surface area contributed by atoms with Gasteiger partial charge in [-0.3, -0.25) is 0 Å². The lowest BCUT2D eigenvalue weighted by molar-refractivity contribution is 0.584. The molecule has 0 fully saturated rings. The van der Waals surface area contributed by atoms with Crippen molar-refractivity contribution in [2.45, 2.75) is 27.3 Å². The van der Waals surface area contributed by atoms with Gasteiger partial charge in [-0.2, -0.15) is 4.39 Å². The molecule has 1 aromatic carbocycles. The average Bonchev–Trinajstić information content (AvgIpc) is 2.77. The number of fused-ring (bicyclic) bond motifs is 1. The van der Waals surface area contributed by atoms with Gasteiger partial charge in [-0.1, -0.05) is 0 Å². The van der Waals surface area contributed by atoms with E-state index in [1.807, 2.05) is 11.5 Å². The first-order valence-electron chi connectivity index (χ1n) is 6.70. The SMILES string of the molecule is CCn1c(-c2cccnc2F)nc2cc(C)c(C)cc21. The quantitative estimate of drug-likeness (QED) is 0.661. The Kier molecular flexibility index (Phi) is 3.01. The molecule has 4 heteroatoms. The van der Waals surface area contributed by atoms with Crippen LogP contribution in [0.15, 0.2) is 30.5 Å². The zero-order chi connectivity index (χ0) is 14.3. The standard InChI is InChI=1S/C16H16FN3/c1-4-20-14-9-11(3)10(2)8-13(14)19-16(20)12-6-5-7-18-15(12)17/h5-9H,4H2,1-3H3. The molecule has 102 valence electrons. The van der Waals surface area contributed by atoms with Gasteiger partial charge in [-0.25, -0.2) is 9.97 Å². The number of halogens is 1. The van der Waals surface area contributed by atoms with Crippen LogP contribution in [0.4, 0.5) is 4.39 Å². The highest BCUT2D eigenvalue weighted by Crippen LogP contribution is 2.27. The molecule has 0 amide bonds. The molecule has 3 nitrogen and oxygen atoms in total. The highest BCUT2D eigenvalue weighted by molar-refractivity contribution is 5.82. The summed E-state index contributed by atoms with van der Waals surface area (Å²) >= 11 is 0. The maximum atomic E-state index is 13.9. The highest BCUT2D eigenvalue weighted by atomic mass is 19.1. The van der Waals surface area contributed by atoms with E-state index in [1.165, 1.54) is 17.3 Å². The summed E-state index contributed by atoms with van der Waals surface area (Å²) in [5.74, 6) is 0.157. The monoisotopic (exact) mass is 269 g/mol. The molecule has 3 rings (SSSR count). The molecular formula is C16H16FN3. The topological polar surface area (TPSA) is 30.7 Å². The van der Waals surface area contributed by atoms with Crippen molar-refractivity contribution >= 4 is 11.0 Å².